The van der Waals surface area contributed by atoms with Crippen LogP contribution in [0, 0.1) is 13.8 Å². The first-order valence-electron chi connectivity index (χ1n) is 8.21. The largest absolute Gasteiger partial charge is 0.478 e. The number of piperidine rings is 1. The fourth-order valence-corrected chi connectivity index (χ4v) is 3.39. The predicted octanol–water partition coefficient (Wildman–Crippen LogP) is 3.33. The summed E-state index contributed by atoms with van der Waals surface area (Å²) in [5, 5.41) is 14.0. The van der Waals surface area contributed by atoms with Gasteiger partial charge < -0.3 is 10.0 Å². The molecular formula is C18H20ClN3O3. The lowest BCUT2D eigenvalue weighted by molar-refractivity contribution is 0.0688. The Morgan fingerprint density at radius 3 is 2.48 bits per heavy atom. The summed E-state index contributed by atoms with van der Waals surface area (Å²) in [5.74, 6) is -0.962. The van der Waals surface area contributed by atoms with Crippen molar-refractivity contribution < 1.29 is 14.7 Å². The number of benzene rings is 1. The van der Waals surface area contributed by atoms with E-state index in [0.717, 1.165) is 18.4 Å². The third-order valence-electron chi connectivity index (χ3n) is 4.78. The number of likely N-dealkylation sites (tertiary alicyclic amines) is 1. The van der Waals surface area contributed by atoms with Crippen molar-refractivity contribution in [2.45, 2.75) is 32.7 Å². The van der Waals surface area contributed by atoms with E-state index in [-0.39, 0.29) is 17.5 Å². The third-order valence-corrected chi connectivity index (χ3v) is 5.20. The Morgan fingerprint density at radius 1 is 1.24 bits per heavy atom. The van der Waals surface area contributed by atoms with Gasteiger partial charge in [0.05, 0.1) is 17.9 Å². The van der Waals surface area contributed by atoms with E-state index in [0.29, 0.717) is 29.4 Å². The molecule has 1 aromatic heterocycles. The van der Waals surface area contributed by atoms with E-state index in [9.17, 15) is 9.59 Å². The lowest BCUT2D eigenvalue weighted by Crippen LogP contribution is -2.39. The van der Waals surface area contributed by atoms with Crippen molar-refractivity contribution >= 4 is 23.5 Å². The van der Waals surface area contributed by atoms with Gasteiger partial charge in [-0.1, -0.05) is 11.6 Å². The van der Waals surface area contributed by atoms with Crippen molar-refractivity contribution in [1.82, 2.24) is 14.7 Å². The van der Waals surface area contributed by atoms with Gasteiger partial charge in [-0.15, -0.1) is 0 Å². The number of hydrogen-bond acceptors (Lipinski definition) is 3. The number of carbonyl (C=O) groups is 2. The van der Waals surface area contributed by atoms with Crippen LogP contribution < -0.4 is 0 Å². The highest BCUT2D eigenvalue weighted by molar-refractivity contribution is 6.31. The van der Waals surface area contributed by atoms with Crippen molar-refractivity contribution in [3.63, 3.8) is 0 Å². The number of carboxylic acid groups (broad SMARTS) is 1. The van der Waals surface area contributed by atoms with E-state index in [1.54, 1.807) is 23.7 Å². The highest BCUT2D eigenvalue weighted by atomic mass is 35.5. The van der Waals surface area contributed by atoms with Gasteiger partial charge in [-0.05, 0) is 50.5 Å². The Kier molecular flexibility index (Phi) is 4.81. The number of rotatable bonds is 3. The van der Waals surface area contributed by atoms with Gasteiger partial charge in [0, 0.05) is 23.7 Å². The average molecular weight is 362 g/mol. The number of hydrogen-bond donors (Lipinski definition) is 1. The summed E-state index contributed by atoms with van der Waals surface area (Å²) in [6, 6.07) is 5.43. The van der Waals surface area contributed by atoms with Crippen LogP contribution in [-0.4, -0.2) is 44.8 Å². The Hall–Kier alpha value is -2.34. The Bertz CT molecular complexity index is 823. The van der Waals surface area contributed by atoms with Crippen LogP contribution in [0.25, 0.3) is 0 Å². The molecule has 0 atom stereocenters. The summed E-state index contributed by atoms with van der Waals surface area (Å²) in [6.45, 7) is 4.89. The second-order valence-electron chi connectivity index (χ2n) is 6.38. The quantitative estimate of drug-likeness (QED) is 0.909. The molecule has 3 rings (SSSR count). The van der Waals surface area contributed by atoms with Crippen molar-refractivity contribution in [3.8, 4) is 0 Å². The van der Waals surface area contributed by atoms with Crippen LogP contribution in [0.15, 0.2) is 24.4 Å². The van der Waals surface area contributed by atoms with Crippen LogP contribution in [0.2, 0.25) is 5.02 Å². The number of nitrogens with zero attached hydrogens (tertiary/aromatic N) is 3. The summed E-state index contributed by atoms with van der Waals surface area (Å²) in [6.07, 6.45) is 2.89. The van der Waals surface area contributed by atoms with Crippen molar-refractivity contribution in [1.29, 1.82) is 0 Å². The highest BCUT2D eigenvalue weighted by Crippen LogP contribution is 2.26. The highest BCUT2D eigenvalue weighted by Gasteiger charge is 2.27. The van der Waals surface area contributed by atoms with Crippen molar-refractivity contribution in [3.05, 3.63) is 51.8 Å². The molecule has 1 aromatic carbocycles. The van der Waals surface area contributed by atoms with E-state index >= 15 is 0 Å². The Morgan fingerprint density at radius 2 is 1.92 bits per heavy atom. The number of aromatic carboxylic acids is 1. The number of carbonyl (C=O) groups excluding carboxylic acids is 1. The SMILES string of the molecule is Cc1cc(C(=O)N2CCC(n3ncc(C(=O)O)c3C)CC2)ccc1Cl. The van der Waals surface area contributed by atoms with Crippen molar-refractivity contribution in [2.75, 3.05) is 13.1 Å². The van der Waals surface area contributed by atoms with Gasteiger partial charge in [0.15, 0.2) is 0 Å². The molecule has 0 bridgehead atoms. The minimum atomic E-state index is -0.963. The maximum Gasteiger partial charge on any atom is 0.339 e. The lowest BCUT2D eigenvalue weighted by Gasteiger charge is -2.32. The fraction of sp³-hybridized carbons (Fsp3) is 0.389. The van der Waals surface area contributed by atoms with E-state index in [1.807, 2.05) is 17.9 Å². The topological polar surface area (TPSA) is 75.4 Å². The van der Waals surface area contributed by atoms with Crippen LogP contribution >= 0.6 is 11.6 Å². The molecule has 1 N–H and O–H groups in total. The fourth-order valence-electron chi connectivity index (χ4n) is 3.28. The summed E-state index contributed by atoms with van der Waals surface area (Å²) in [5.41, 5.74) is 2.42. The normalized spacial score (nSPS) is 15.4. The number of aryl methyl sites for hydroxylation is 1. The molecule has 1 aliphatic rings. The van der Waals surface area contributed by atoms with Crippen LogP contribution in [0.3, 0.4) is 0 Å². The molecule has 6 nitrogen and oxygen atoms in total. The molecule has 2 heterocycles. The van der Waals surface area contributed by atoms with Crippen LogP contribution in [0.1, 0.15) is 50.9 Å². The maximum atomic E-state index is 12.6. The maximum absolute atomic E-state index is 12.6. The average Bonchev–Trinajstić information content (AvgIpc) is 2.98. The second-order valence-corrected chi connectivity index (χ2v) is 6.79. The van der Waals surface area contributed by atoms with E-state index in [4.69, 9.17) is 16.7 Å². The molecule has 1 aliphatic heterocycles. The number of carboxylic acids is 1. The lowest BCUT2D eigenvalue weighted by atomic mass is 10.0. The molecule has 0 unspecified atom stereocenters. The molecule has 2 aromatic rings. The minimum Gasteiger partial charge on any atom is -0.478 e. The van der Waals surface area contributed by atoms with Crippen LogP contribution in [0.4, 0.5) is 0 Å². The predicted molar refractivity (Wildman–Crippen MR) is 94.3 cm³/mol. The summed E-state index contributed by atoms with van der Waals surface area (Å²) in [7, 11) is 0. The molecule has 25 heavy (non-hydrogen) atoms. The van der Waals surface area contributed by atoms with Gasteiger partial charge in [0.1, 0.15) is 5.56 Å². The van der Waals surface area contributed by atoms with Crippen LogP contribution in [0.5, 0.6) is 0 Å². The zero-order valence-electron chi connectivity index (χ0n) is 14.2. The standard InChI is InChI=1S/C18H20ClN3O3/c1-11-9-13(3-4-16(11)19)17(23)21-7-5-14(6-8-21)22-12(2)15(10-20-22)18(24)25/h3-4,9-10,14H,5-8H2,1-2H3,(H,24,25). The van der Waals surface area contributed by atoms with Gasteiger partial charge in [0.25, 0.3) is 5.91 Å². The first-order chi connectivity index (χ1) is 11.9. The third kappa shape index (κ3) is 3.39. The van der Waals surface area contributed by atoms with E-state index in [2.05, 4.69) is 5.10 Å². The number of aromatic nitrogens is 2. The molecule has 0 spiro atoms. The number of halogens is 1. The van der Waals surface area contributed by atoms with Gasteiger partial charge in [-0.3, -0.25) is 9.48 Å². The number of amides is 1. The Balaban J connectivity index is 1.68. The zero-order chi connectivity index (χ0) is 18.1. The molecule has 132 valence electrons. The summed E-state index contributed by atoms with van der Waals surface area (Å²) < 4.78 is 1.78. The first kappa shape index (κ1) is 17.5. The van der Waals surface area contributed by atoms with E-state index in [1.165, 1.54) is 6.20 Å². The molecule has 0 radical (unpaired) electrons. The van der Waals surface area contributed by atoms with Gasteiger partial charge in [-0.2, -0.15) is 5.10 Å². The molecule has 1 fully saturated rings. The van der Waals surface area contributed by atoms with Gasteiger partial charge >= 0.3 is 5.97 Å². The summed E-state index contributed by atoms with van der Waals surface area (Å²) >= 11 is 6.02. The van der Waals surface area contributed by atoms with Gasteiger partial charge in [0.2, 0.25) is 0 Å². The smallest absolute Gasteiger partial charge is 0.339 e. The molecule has 0 saturated carbocycles. The summed E-state index contributed by atoms with van der Waals surface area (Å²) in [4.78, 5) is 25.6. The molecule has 1 amide bonds. The molecule has 7 heteroatoms. The Labute approximate surface area is 151 Å². The second kappa shape index (κ2) is 6.88. The zero-order valence-corrected chi connectivity index (χ0v) is 15.0. The first-order valence-corrected chi connectivity index (χ1v) is 8.59. The minimum absolute atomic E-state index is 0.00151. The van der Waals surface area contributed by atoms with Crippen LogP contribution in [-0.2, 0) is 0 Å². The van der Waals surface area contributed by atoms with Crippen molar-refractivity contribution in [2.24, 2.45) is 0 Å². The molecule has 1 saturated heterocycles. The van der Waals surface area contributed by atoms with E-state index < -0.39 is 5.97 Å². The molecule has 0 aliphatic carbocycles. The monoisotopic (exact) mass is 361 g/mol. The molecular weight excluding hydrogens is 342 g/mol. The van der Waals surface area contributed by atoms with Gasteiger partial charge in [-0.25, -0.2) is 4.79 Å².